The van der Waals surface area contributed by atoms with Crippen LogP contribution in [0.1, 0.15) is 34.6 Å². The summed E-state index contributed by atoms with van der Waals surface area (Å²) in [6.07, 6.45) is 1.01. The van der Waals surface area contributed by atoms with Gasteiger partial charge >= 0.3 is 5.97 Å². The Hall–Kier alpha value is -1.32. The Balaban J connectivity index is 2.93. The van der Waals surface area contributed by atoms with E-state index in [1.165, 1.54) is 4.90 Å². The first-order chi connectivity index (χ1) is 7.64. The molecule has 0 saturated carbocycles. The lowest BCUT2D eigenvalue weighted by Gasteiger charge is -2.30. The second-order valence-electron chi connectivity index (χ2n) is 5.74. The van der Waals surface area contributed by atoms with Crippen molar-refractivity contribution < 1.29 is 14.3 Å². The van der Waals surface area contributed by atoms with Gasteiger partial charge in [-0.25, -0.2) is 0 Å². The summed E-state index contributed by atoms with van der Waals surface area (Å²) in [4.78, 5) is 24.7. The second-order valence-corrected chi connectivity index (χ2v) is 5.74. The van der Waals surface area contributed by atoms with Gasteiger partial charge in [-0.1, -0.05) is 34.6 Å². The average Bonchev–Trinajstić information content (AvgIpc) is 2.45. The van der Waals surface area contributed by atoms with E-state index in [1.807, 2.05) is 20.8 Å². The standard InChI is InChI=1S/C13H21NO3/c1-8(2)12(16)17-11-9(13(3,4)5)7-10(15)14(11)6/h7-8,11H,1-6H3. The van der Waals surface area contributed by atoms with E-state index < -0.39 is 6.23 Å². The van der Waals surface area contributed by atoms with Crippen molar-refractivity contribution in [2.75, 3.05) is 7.05 Å². The maximum atomic E-state index is 11.7. The Kier molecular flexibility index (Phi) is 3.65. The van der Waals surface area contributed by atoms with Crippen LogP contribution in [0.25, 0.3) is 0 Å². The zero-order valence-electron chi connectivity index (χ0n) is 11.4. The molecule has 1 rings (SSSR count). The minimum atomic E-state index is -0.558. The Morgan fingerprint density at radius 1 is 1.41 bits per heavy atom. The fraction of sp³-hybridized carbons (Fsp3) is 0.692. The summed E-state index contributed by atoms with van der Waals surface area (Å²) < 4.78 is 5.39. The van der Waals surface area contributed by atoms with Crippen molar-refractivity contribution in [1.29, 1.82) is 0 Å². The van der Waals surface area contributed by atoms with Crippen LogP contribution in [0.2, 0.25) is 0 Å². The molecule has 0 bridgehead atoms. The van der Waals surface area contributed by atoms with Crippen LogP contribution in [0.4, 0.5) is 0 Å². The highest BCUT2D eigenvalue weighted by Crippen LogP contribution is 2.34. The summed E-state index contributed by atoms with van der Waals surface area (Å²) in [5.41, 5.74) is 0.654. The molecule has 1 atom stereocenters. The van der Waals surface area contributed by atoms with Crippen LogP contribution in [-0.4, -0.2) is 30.1 Å². The Bertz CT molecular complexity index is 363. The molecule has 0 aromatic heterocycles. The lowest BCUT2D eigenvalue weighted by atomic mass is 9.86. The fourth-order valence-corrected chi connectivity index (χ4v) is 1.61. The van der Waals surface area contributed by atoms with Crippen LogP contribution in [0.15, 0.2) is 11.6 Å². The number of rotatable bonds is 2. The highest BCUT2D eigenvalue weighted by Gasteiger charge is 2.38. The van der Waals surface area contributed by atoms with Crippen LogP contribution >= 0.6 is 0 Å². The molecule has 0 saturated heterocycles. The summed E-state index contributed by atoms with van der Waals surface area (Å²) in [5, 5.41) is 0. The van der Waals surface area contributed by atoms with Crippen LogP contribution < -0.4 is 0 Å². The summed E-state index contributed by atoms with van der Waals surface area (Å²) in [6.45, 7) is 9.56. The summed E-state index contributed by atoms with van der Waals surface area (Å²) >= 11 is 0. The number of carbonyl (C=O) groups excluding carboxylic acids is 2. The van der Waals surface area contributed by atoms with Gasteiger partial charge in [0.15, 0.2) is 0 Å². The van der Waals surface area contributed by atoms with Gasteiger partial charge in [-0.05, 0) is 5.41 Å². The molecule has 1 heterocycles. The molecule has 1 aliphatic rings. The van der Waals surface area contributed by atoms with Gasteiger partial charge < -0.3 is 9.64 Å². The number of hydrogen-bond donors (Lipinski definition) is 0. The molecule has 0 fully saturated rings. The van der Waals surface area contributed by atoms with Crippen LogP contribution in [0.5, 0.6) is 0 Å². The van der Waals surface area contributed by atoms with Gasteiger partial charge in [0.1, 0.15) is 0 Å². The third-order valence-electron chi connectivity index (χ3n) is 2.81. The smallest absolute Gasteiger partial charge is 0.310 e. The first kappa shape index (κ1) is 13.7. The highest BCUT2D eigenvalue weighted by molar-refractivity contribution is 5.92. The molecule has 4 nitrogen and oxygen atoms in total. The Labute approximate surface area is 103 Å². The van der Waals surface area contributed by atoms with Crippen molar-refractivity contribution in [3.63, 3.8) is 0 Å². The van der Waals surface area contributed by atoms with E-state index in [2.05, 4.69) is 0 Å². The molecule has 0 spiro atoms. The number of amides is 1. The number of nitrogens with zero attached hydrogens (tertiary/aromatic N) is 1. The highest BCUT2D eigenvalue weighted by atomic mass is 16.6. The van der Waals surface area contributed by atoms with E-state index in [4.69, 9.17) is 4.74 Å². The van der Waals surface area contributed by atoms with Gasteiger partial charge in [-0.15, -0.1) is 0 Å². The minimum absolute atomic E-state index is 0.114. The first-order valence-corrected chi connectivity index (χ1v) is 5.84. The zero-order valence-corrected chi connectivity index (χ0v) is 11.4. The predicted molar refractivity (Wildman–Crippen MR) is 65.0 cm³/mol. The first-order valence-electron chi connectivity index (χ1n) is 5.84. The van der Waals surface area contributed by atoms with Crippen LogP contribution in [0.3, 0.4) is 0 Å². The molecule has 0 aromatic rings. The topological polar surface area (TPSA) is 46.6 Å². The third kappa shape index (κ3) is 2.87. The van der Waals surface area contributed by atoms with E-state index in [0.717, 1.165) is 5.57 Å². The van der Waals surface area contributed by atoms with E-state index in [1.54, 1.807) is 27.0 Å². The van der Waals surface area contributed by atoms with Crippen molar-refractivity contribution in [2.24, 2.45) is 11.3 Å². The molecule has 0 N–H and O–H groups in total. The number of esters is 1. The van der Waals surface area contributed by atoms with Crippen LogP contribution in [-0.2, 0) is 14.3 Å². The molecule has 0 aromatic carbocycles. The predicted octanol–water partition coefficient (Wildman–Crippen LogP) is 1.96. The van der Waals surface area contributed by atoms with Gasteiger partial charge in [-0.2, -0.15) is 0 Å². The van der Waals surface area contributed by atoms with E-state index in [-0.39, 0.29) is 23.2 Å². The number of likely N-dealkylation sites (N-methyl/N-ethyl adjacent to an activating group) is 1. The zero-order chi connectivity index (χ0) is 13.4. The molecular weight excluding hydrogens is 218 g/mol. The van der Waals surface area contributed by atoms with Crippen LogP contribution in [0, 0.1) is 11.3 Å². The molecule has 96 valence electrons. The SMILES string of the molecule is CC(C)C(=O)OC1C(C(C)(C)C)=CC(=O)N1C. The van der Waals surface area contributed by atoms with Crippen molar-refractivity contribution in [3.05, 3.63) is 11.6 Å². The van der Waals surface area contributed by atoms with Gasteiger partial charge in [0.2, 0.25) is 12.1 Å². The van der Waals surface area contributed by atoms with Gasteiger partial charge in [-0.3, -0.25) is 9.59 Å². The lowest BCUT2D eigenvalue weighted by molar-refractivity contribution is -0.160. The summed E-state index contributed by atoms with van der Waals surface area (Å²) in [7, 11) is 1.65. The summed E-state index contributed by atoms with van der Waals surface area (Å²) in [5.74, 6) is -0.594. The number of carbonyl (C=O) groups is 2. The molecule has 4 heteroatoms. The van der Waals surface area contributed by atoms with Gasteiger partial charge in [0.05, 0.1) is 5.92 Å². The van der Waals surface area contributed by atoms with Crippen molar-refractivity contribution in [1.82, 2.24) is 4.90 Å². The monoisotopic (exact) mass is 239 g/mol. The van der Waals surface area contributed by atoms with E-state index in [0.29, 0.717) is 0 Å². The quantitative estimate of drug-likeness (QED) is 0.692. The largest absolute Gasteiger partial charge is 0.437 e. The number of ether oxygens (including phenoxy) is 1. The lowest BCUT2D eigenvalue weighted by Crippen LogP contribution is -2.38. The maximum absolute atomic E-state index is 11.7. The molecule has 1 unspecified atom stereocenters. The van der Waals surface area contributed by atoms with Gasteiger partial charge in [0.25, 0.3) is 0 Å². The number of hydrogen-bond acceptors (Lipinski definition) is 3. The average molecular weight is 239 g/mol. The second kappa shape index (κ2) is 4.51. The normalized spacial score (nSPS) is 20.9. The molecule has 1 aliphatic heterocycles. The van der Waals surface area contributed by atoms with Crippen molar-refractivity contribution in [3.8, 4) is 0 Å². The minimum Gasteiger partial charge on any atom is -0.437 e. The van der Waals surface area contributed by atoms with Crippen molar-refractivity contribution >= 4 is 11.9 Å². The molecular formula is C13H21NO3. The Morgan fingerprint density at radius 2 is 1.94 bits per heavy atom. The van der Waals surface area contributed by atoms with E-state index >= 15 is 0 Å². The molecule has 17 heavy (non-hydrogen) atoms. The fourth-order valence-electron chi connectivity index (χ4n) is 1.61. The van der Waals surface area contributed by atoms with Gasteiger partial charge in [0, 0.05) is 18.7 Å². The maximum Gasteiger partial charge on any atom is 0.310 e. The van der Waals surface area contributed by atoms with E-state index in [9.17, 15) is 9.59 Å². The van der Waals surface area contributed by atoms with Crippen molar-refractivity contribution in [2.45, 2.75) is 40.8 Å². The Morgan fingerprint density at radius 3 is 2.35 bits per heavy atom. The molecule has 0 radical (unpaired) electrons. The summed E-state index contributed by atoms with van der Waals surface area (Å²) in [6, 6.07) is 0. The third-order valence-corrected chi connectivity index (χ3v) is 2.81. The molecule has 0 aliphatic carbocycles. The molecule has 1 amide bonds.